The summed E-state index contributed by atoms with van der Waals surface area (Å²) in [7, 11) is 0. The molecule has 0 aliphatic carbocycles. The molecule has 0 saturated heterocycles. The minimum absolute atomic E-state index is 0.241. The Morgan fingerprint density at radius 2 is 2.27 bits per heavy atom. The van der Waals surface area contributed by atoms with Crippen LogP contribution in [0.1, 0.15) is 26.0 Å². The van der Waals surface area contributed by atoms with Crippen molar-refractivity contribution in [2.45, 2.75) is 32.4 Å². The summed E-state index contributed by atoms with van der Waals surface area (Å²) in [5, 5.41) is 0. The number of ether oxygens (including phenoxy) is 1. The summed E-state index contributed by atoms with van der Waals surface area (Å²) in [5.74, 6) is 0. The van der Waals surface area contributed by atoms with Gasteiger partial charge in [0.05, 0.1) is 18.9 Å². The van der Waals surface area contributed by atoms with Crippen molar-refractivity contribution in [1.29, 1.82) is 0 Å². The van der Waals surface area contributed by atoms with Gasteiger partial charge in [0.2, 0.25) is 0 Å². The van der Waals surface area contributed by atoms with Crippen molar-refractivity contribution < 1.29 is 4.74 Å². The maximum absolute atomic E-state index is 5.95. The van der Waals surface area contributed by atoms with Crippen LogP contribution in [0.5, 0.6) is 0 Å². The van der Waals surface area contributed by atoms with Gasteiger partial charge in [0.25, 0.3) is 0 Å². The molecule has 0 amide bonds. The zero-order valence-corrected chi connectivity index (χ0v) is 10.8. The molecular weight excluding hydrogens is 256 g/mol. The van der Waals surface area contributed by atoms with E-state index in [-0.39, 0.29) is 5.54 Å². The summed E-state index contributed by atoms with van der Waals surface area (Å²) in [6.07, 6.45) is 2.67. The van der Waals surface area contributed by atoms with E-state index in [1.54, 1.807) is 6.20 Å². The molecule has 1 heterocycles. The van der Waals surface area contributed by atoms with Gasteiger partial charge in [-0.05, 0) is 41.4 Å². The molecule has 0 saturated carbocycles. The molecule has 1 aromatic heterocycles. The van der Waals surface area contributed by atoms with Crippen LogP contribution < -0.4 is 5.73 Å². The van der Waals surface area contributed by atoms with Crippen LogP contribution in [0.15, 0.2) is 22.8 Å². The third-order valence-electron chi connectivity index (χ3n) is 2.28. The Kier molecular flexibility index (Phi) is 4.70. The minimum Gasteiger partial charge on any atom is -0.373 e. The third-order valence-corrected chi connectivity index (χ3v) is 2.75. The van der Waals surface area contributed by atoms with Gasteiger partial charge in [0.15, 0.2) is 0 Å². The van der Waals surface area contributed by atoms with Crippen LogP contribution in [-0.4, -0.2) is 17.1 Å². The molecule has 0 aliphatic heterocycles. The molecule has 0 aromatic carbocycles. The number of hydrogen-bond donors (Lipinski definition) is 1. The standard InChI is InChI=1S/C11H17BrN2O/c1-3-11(2,13)8-15-7-10-5-4-9(12)6-14-10/h4-6H,3,7-8,13H2,1-2H3. The van der Waals surface area contributed by atoms with E-state index in [9.17, 15) is 0 Å². The summed E-state index contributed by atoms with van der Waals surface area (Å²) in [4.78, 5) is 4.21. The number of nitrogens with two attached hydrogens (primary N) is 1. The lowest BCUT2D eigenvalue weighted by atomic mass is 10.0. The number of aromatic nitrogens is 1. The van der Waals surface area contributed by atoms with Crippen LogP contribution in [0.3, 0.4) is 0 Å². The molecule has 1 rings (SSSR count). The molecule has 4 heteroatoms. The first-order chi connectivity index (χ1) is 7.03. The van der Waals surface area contributed by atoms with Gasteiger partial charge in [0.1, 0.15) is 0 Å². The van der Waals surface area contributed by atoms with Crippen LogP contribution in [0.2, 0.25) is 0 Å². The van der Waals surface area contributed by atoms with Crippen molar-refractivity contribution in [3.8, 4) is 0 Å². The van der Waals surface area contributed by atoms with Gasteiger partial charge in [-0.25, -0.2) is 0 Å². The van der Waals surface area contributed by atoms with Crippen molar-refractivity contribution in [3.63, 3.8) is 0 Å². The van der Waals surface area contributed by atoms with Gasteiger partial charge in [-0.15, -0.1) is 0 Å². The van der Waals surface area contributed by atoms with Crippen LogP contribution in [0.25, 0.3) is 0 Å². The number of nitrogens with zero attached hydrogens (tertiary/aromatic N) is 1. The summed E-state index contributed by atoms with van der Waals surface area (Å²) in [6.45, 7) is 5.12. The van der Waals surface area contributed by atoms with E-state index in [4.69, 9.17) is 10.5 Å². The zero-order chi connectivity index (χ0) is 11.3. The molecule has 84 valence electrons. The summed E-state index contributed by atoms with van der Waals surface area (Å²) >= 11 is 3.33. The lowest BCUT2D eigenvalue weighted by Gasteiger charge is -2.22. The maximum Gasteiger partial charge on any atom is 0.0888 e. The predicted octanol–water partition coefficient (Wildman–Crippen LogP) is 2.49. The van der Waals surface area contributed by atoms with E-state index in [1.165, 1.54) is 0 Å². The first kappa shape index (κ1) is 12.6. The van der Waals surface area contributed by atoms with Gasteiger partial charge < -0.3 is 10.5 Å². The van der Waals surface area contributed by atoms with Crippen molar-refractivity contribution in [3.05, 3.63) is 28.5 Å². The van der Waals surface area contributed by atoms with Crippen molar-refractivity contribution in [2.24, 2.45) is 5.73 Å². The fourth-order valence-electron chi connectivity index (χ4n) is 0.983. The van der Waals surface area contributed by atoms with Gasteiger partial charge >= 0.3 is 0 Å². The topological polar surface area (TPSA) is 48.1 Å². The lowest BCUT2D eigenvalue weighted by Crippen LogP contribution is -2.40. The van der Waals surface area contributed by atoms with E-state index < -0.39 is 0 Å². The van der Waals surface area contributed by atoms with Crippen molar-refractivity contribution in [1.82, 2.24) is 4.98 Å². The van der Waals surface area contributed by atoms with E-state index in [0.29, 0.717) is 13.2 Å². The average Bonchev–Trinajstić information content (AvgIpc) is 2.21. The van der Waals surface area contributed by atoms with Gasteiger partial charge in [-0.3, -0.25) is 4.98 Å². The first-order valence-corrected chi connectivity index (χ1v) is 5.80. The van der Waals surface area contributed by atoms with Crippen molar-refractivity contribution in [2.75, 3.05) is 6.61 Å². The highest BCUT2D eigenvalue weighted by atomic mass is 79.9. The summed E-state index contributed by atoms with van der Waals surface area (Å²) in [6, 6.07) is 3.89. The Morgan fingerprint density at radius 1 is 1.53 bits per heavy atom. The normalized spacial score (nSPS) is 14.9. The molecule has 3 nitrogen and oxygen atoms in total. The molecule has 1 aromatic rings. The molecule has 0 fully saturated rings. The summed E-state index contributed by atoms with van der Waals surface area (Å²) < 4.78 is 6.49. The molecule has 0 spiro atoms. The highest BCUT2D eigenvalue weighted by Gasteiger charge is 2.15. The second-order valence-corrected chi connectivity index (χ2v) is 4.88. The largest absolute Gasteiger partial charge is 0.373 e. The molecule has 15 heavy (non-hydrogen) atoms. The predicted molar refractivity (Wildman–Crippen MR) is 64.5 cm³/mol. The quantitative estimate of drug-likeness (QED) is 0.896. The second-order valence-electron chi connectivity index (χ2n) is 3.97. The molecule has 0 bridgehead atoms. The van der Waals surface area contributed by atoms with E-state index in [0.717, 1.165) is 16.6 Å². The van der Waals surface area contributed by atoms with E-state index in [1.807, 2.05) is 19.1 Å². The Hall–Kier alpha value is -0.450. The molecule has 0 aliphatic rings. The smallest absolute Gasteiger partial charge is 0.0888 e. The maximum atomic E-state index is 5.95. The Labute approximate surface area is 99.2 Å². The van der Waals surface area contributed by atoms with E-state index >= 15 is 0 Å². The lowest BCUT2D eigenvalue weighted by molar-refractivity contribution is 0.0757. The summed E-state index contributed by atoms with van der Waals surface area (Å²) in [5.41, 5.74) is 6.63. The van der Waals surface area contributed by atoms with Gasteiger partial charge in [0, 0.05) is 16.2 Å². The van der Waals surface area contributed by atoms with Crippen LogP contribution in [-0.2, 0) is 11.3 Å². The fraction of sp³-hybridized carbons (Fsp3) is 0.545. The highest BCUT2D eigenvalue weighted by Crippen LogP contribution is 2.10. The number of halogens is 1. The van der Waals surface area contributed by atoms with Crippen molar-refractivity contribution >= 4 is 15.9 Å². The fourth-order valence-corrected chi connectivity index (χ4v) is 1.22. The Morgan fingerprint density at radius 3 is 2.80 bits per heavy atom. The number of rotatable bonds is 5. The Bertz CT molecular complexity index is 298. The SMILES string of the molecule is CCC(C)(N)COCc1ccc(Br)cn1. The molecule has 0 radical (unpaired) electrons. The molecule has 2 N–H and O–H groups in total. The van der Waals surface area contributed by atoms with Gasteiger partial charge in [-0.2, -0.15) is 0 Å². The molecule has 1 unspecified atom stereocenters. The average molecular weight is 273 g/mol. The minimum atomic E-state index is -0.241. The number of hydrogen-bond acceptors (Lipinski definition) is 3. The zero-order valence-electron chi connectivity index (χ0n) is 9.16. The number of pyridine rings is 1. The highest BCUT2D eigenvalue weighted by molar-refractivity contribution is 9.10. The van der Waals surface area contributed by atoms with Crippen LogP contribution in [0, 0.1) is 0 Å². The second kappa shape index (κ2) is 5.58. The van der Waals surface area contributed by atoms with Crippen LogP contribution in [0.4, 0.5) is 0 Å². The molecular formula is C11H17BrN2O. The first-order valence-electron chi connectivity index (χ1n) is 5.00. The van der Waals surface area contributed by atoms with Gasteiger partial charge in [-0.1, -0.05) is 6.92 Å². The Balaban J connectivity index is 2.35. The van der Waals surface area contributed by atoms with Crippen LogP contribution >= 0.6 is 15.9 Å². The molecule has 1 atom stereocenters. The third kappa shape index (κ3) is 4.73. The van der Waals surface area contributed by atoms with E-state index in [2.05, 4.69) is 27.8 Å². The monoisotopic (exact) mass is 272 g/mol.